The van der Waals surface area contributed by atoms with Crippen LogP contribution in [0.5, 0.6) is 0 Å². The number of nitrogens with zero attached hydrogens (tertiary/aromatic N) is 2. The maximum Gasteiger partial charge on any atom is 0.258 e. The van der Waals surface area contributed by atoms with E-state index in [1.165, 1.54) is 0 Å². The van der Waals surface area contributed by atoms with Gasteiger partial charge in [-0.25, -0.2) is 0 Å². The van der Waals surface area contributed by atoms with Crippen molar-refractivity contribution in [2.45, 2.75) is 57.9 Å². The van der Waals surface area contributed by atoms with Crippen LogP contribution >= 0.6 is 0 Å². The monoisotopic (exact) mass is 409 g/mol. The van der Waals surface area contributed by atoms with Gasteiger partial charge in [0.1, 0.15) is 5.82 Å². The van der Waals surface area contributed by atoms with Crippen LogP contribution in [-0.2, 0) is 9.59 Å². The number of fused-ring (bicyclic) bond motifs is 1. The molecule has 8 nitrogen and oxygen atoms in total. The molecule has 2 amide bonds. The van der Waals surface area contributed by atoms with Gasteiger partial charge in [-0.3, -0.25) is 19.4 Å². The maximum atomic E-state index is 13.0. The molecule has 158 valence electrons. The number of piperidine rings is 1. The number of nitrogens with one attached hydrogen (secondary N) is 3. The molecule has 1 fully saturated rings. The molecule has 2 aliphatic rings. The number of carbonyl (C=O) groups is 2. The van der Waals surface area contributed by atoms with Gasteiger partial charge in [-0.2, -0.15) is 4.98 Å². The van der Waals surface area contributed by atoms with E-state index < -0.39 is 5.92 Å². The van der Waals surface area contributed by atoms with Crippen LogP contribution in [0.3, 0.4) is 0 Å². The third-order valence-corrected chi connectivity index (χ3v) is 5.94. The number of H-pyrrole nitrogens is 1. The smallest absolute Gasteiger partial charge is 0.258 e. The van der Waals surface area contributed by atoms with E-state index in [4.69, 9.17) is 0 Å². The molecule has 8 heteroatoms. The van der Waals surface area contributed by atoms with Crippen molar-refractivity contribution in [2.75, 3.05) is 22.1 Å². The van der Waals surface area contributed by atoms with Crippen LogP contribution in [0.4, 0.5) is 17.5 Å². The van der Waals surface area contributed by atoms with Crippen LogP contribution in [0.15, 0.2) is 29.1 Å². The summed E-state index contributed by atoms with van der Waals surface area (Å²) in [6, 6.07) is 7.68. The van der Waals surface area contributed by atoms with E-state index in [0.29, 0.717) is 17.7 Å². The van der Waals surface area contributed by atoms with Crippen LogP contribution in [0.2, 0.25) is 0 Å². The molecule has 3 heterocycles. The van der Waals surface area contributed by atoms with Crippen molar-refractivity contribution < 1.29 is 9.59 Å². The minimum absolute atomic E-state index is 0.0872. The highest BCUT2D eigenvalue weighted by atomic mass is 16.2. The van der Waals surface area contributed by atoms with Gasteiger partial charge >= 0.3 is 0 Å². The number of amides is 2. The van der Waals surface area contributed by atoms with Crippen LogP contribution in [0, 0.1) is 6.92 Å². The highest BCUT2D eigenvalue weighted by Crippen LogP contribution is 2.31. The predicted molar refractivity (Wildman–Crippen MR) is 116 cm³/mol. The molecule has 0 unspecified atom stereocenters. The van der Waals surface area contributed by atoms with Gasteiger partial charge in [-0.1, -0.05) is 24.6 Å². The van der Waals surface area contributed by atoms with E-state index >= 15 is 0 Å². The molecule has 3 N–H and O–H groups in total. The maximum absolute atomic E-state index is 13.0. The van der Waals surface area contributed by atoms with Crippen molar-refractivity contribution >= 4 is 29.3 Å². The van der Waals surface area contributed by atoms with Gasteiger partial charge in [-0.15, -0.1) is 0 Å². The van der Waals surface area contributed by atoms with E-state index in [-0.39, 0.29) is 35.2 Å². The topological polar surface area (TPSA) is 107 Å². The number of hydrogen-bond donors (Lipinski definition) is 3. The van der Waals surface area contributed by atoms with Gasteiger partial charge in [-0.05, 0) is 44.7 Å². The fraction of sp³-hybridized carbons (Fsp3) is 0.455. The predicted octanol–water partition coefficient (Wildman–Crippen LogP) is 2.91. The summed E-state index contributed by atoms with van der Waals surface area (Å²) >= 11 is 0. The van der Waals surface area contributed by atoms with Gasteiger partial charge in [0.15, 0.2) is 0 Å². The summed E-state index contributed by atoms with van der Waals surface area (Å²) in [5.41, 5.74) is 1.54. The fourth-order valence-corrected chi connectivity index (χ4v) is 4.29. The lowest BCUT2D eigenvalue weighted by Crippen LogP contribution is -2.43. The SMILES string of the molecule is CC[C@H]1CCCCN1c1nc2c(c(=O)[nH]1)[C@@H](C(=O)Nc1ccc(C)cc1)CC(=O)N2. The Bertz CT molecular complexity index is 1010. The zero-order valence-electron chi connectivity index (χ0n) is 17.3. The van der Waals surface area contributed by atoms with Crippen LogP contribution in [-0.4, -0.2) is 34.4 Å². The Morgan fingerprint density at radius 1 is 1.23 bits per heavy atom. The van der Waals surface area contributed by atoms with Crippen molar-refractivity contribution in [2.24, 2.45) is 0 Å². The fourth-order valence-electron chi connectivity index (χ4n) is 4.29. The van der Waals surface area contributed by atoms with Gasteiger partial charge in [0, 0.05) is 24.7 Å². The van der Waals surface area contributed by atoms with Crippen LogP contribution in [0.1, 0.15) is 56.1 Å². The lowest BCUT2D eigenvalue weighted by atomic mass is 9.92. The first-order valence-corrected chi connectivity index (χ1v) is 10.5. The van der Waals surface area contributed by atoms with Crippen molar-refractivity contribution in [1.29, 1.82) is 0 Å². The van der Waals surface area contributed by atoms with Crippen LogP contribution < -0.4 is 21.1 Å². The zero-order chi connectivity index (χ0) is 21.3. The standard InChI is InChI=1S/C22H27N5O3/c1-3-15-6-4-5-11-27(15)22-25-19-18(21(30)26-22)16(12-17(28)24-19)20(29)23-14-9-7-13(2)8-10-14/h7-10,15-16H,3-6,11-12H2,1-2H3,(H,23,29)(H2,24,25,26,28,30)/t15-,16-/m0/s1. The molecule has 0 radical (unpaired) electrons. The largest absolute Gasteiger partial charge is 0.339 e. The van der Waals surface area contributed by atoms with Crippen molar-refractivity contribution in [3.05, 3.63) is 45.7 Å². The average molecular weight is 409 g/mol. The third kappa shape index (κ3) is 3.94. The number of rotatable bonds is 4. The molecular formula is C22H27N5O3. The lowest BCUT2D eigenvalue weighted by Gasteiger charge is -2.36. The number of aryl methyl sites for hydroxylation is 1. The summed E-state index contributed by atoms with van der Waals surface area (Å²) in [5, 5.41) is 5.50. The second-order valence-electron chi connectivity index (χ2n) is 8.06. The number of benzene rings is 1. The highest BCUT2D eigenvalue weighted by molar-refractivity contribution is 6.04. The zero-order valence-corrected chi connectivity index (χ0v) is 17.3. The Morgan fingerprint density at radius 3 is 2.73 bits per heavy atom. The Hall–Kier alpha value is -3.16. The molecule has 0 aliphatic carbocycles. The minimum Gasteiger partial charge on any atom is -0.339 e. The van der Waals surface area contributed by atoms with Crippen molar-refractivity contribution in [3.8, 4) is 0 Å². The first-order chi connectivity index (χ1) is 14.5. The Kier molecular flexibility index (Phi) is 5.57. The second-order valence-corrected chi connectivity index (χ2v) is 8.06. The molecule has 1 saturated heterocycles. The van der Waals surface area contributed by atoms with Crippen molar-refractivity contribution in [3.63, 3.8) is 0 Å². The first kappa shape index (κ1) is 20.1. The molecule has 1 aromatic carbocycles. The summed E-state index contributed by atoms with van der Waals surface area (Å²) in [5.74, 6) is -0.941. The van der Waals surface area contributed by atoms with E-state index in [9.17, 15) is 14.4 Å². The molecule has 2 aromatic rings. The summed E-state index contributed by atoms with van der Waals surface area (Å²) in [6.07, 6.45) is 4.10. The van der Waals surface area contributed by atoms with Gasteiger partial charge in [0.2, 0.25) is 17.8 Å². The molecule has 0 spiro atoms. The molecule has 2 aliphatic heterocycles. The van der Waals surface area contributed by atoms with E-state index in [1.54, 1.807) is 12.1 Å². The molecule has 0 bridgehead atoms. The lowest BCUT2D eigenvalue weighted by molar-refractivity contribution is -0.123. The molecule has 4 rings (SSSR count). The quantitative estimate of drug-likeness (QED) is 0.720. The first-order valence-electron chi connectivity index (χ1n) is 10.5. The molecular weight excluding hydrogens is 382 g/mol. The third-order valence-electron chi connectivity index (χ3n) is 5.94. The Balaban J connectivity index is 1.65. The highest BCUT2D eigenvalue weighted by Gasteiger charge is 2.35. The molecule has 30 heavy (non-hydrogen) atoms. The molecule has 1 aromatic heterocycles. The minimum atomic E-state index is -0.885. The van der Waals surface area contributed by atoms with E-state index in [2.05, 4.69) is 32.4 Å². The van der Waals surface area contributed by atoms with Gasteiger partial charge < -0.3 is 15.5 Å². The van der Waals surface area contributed by atoms with E-state index in [1.807, 2.05) is 19.1 Å². The normalized spacial score (nSPS) is 21.0. The van der Waals surface area contributed by atoms with E-state index in [0.717, 1.165) is 37.8 Å². The molecule has 0 saturated carbocycles. The summed E-state index contributed by atoms with van der Waals surface area (Å²) < 4.78 is 0. The number of anilines is 3. The van der Waals surface area contributed by atoms with Gasteiger partial charge in [0.05, 0.1) is 11.5 Å². The summed E-state index contributed by atoms with van der Waals surface area (Å²) in [6.45, 7) is 4.89. The number of aromatic amines is 1. The number of aromatic nitrogens is 2. The number of carbonyl (C=O) groups excluding carboxylic acids is 2. The Labute approximate surface area is 175 Å². The Morgan fingerprint density at radius 2 is 2.00 bits per heavy atom. The molecule has 2 atom stereocenters. The number of hydrogen-bond acceptors (Lipinski definition) is 5. The summed E-state index contributed by atoms with van der Waals surface area (Å²) in [4.78, 5) is 47.7. The van der Waals surface area contributed by atoms with Crippen molar-refractivity contribution in [1.82, 2.24) is 9.97 Å². The second kappa shape index (κ2) is 8.30. The van der Waals surface area contributed by atoms with Gasteiger partial charge in [0.25, 0.3) is 5.56 Å². The summed E-state index contributed by atoms with van der Waals surface area (Å²) in [7, 11) is 0. The van der Waals surface area contributed by atoms with Crippen LogP contribution in [0.25, 0.3) is 0 Å². The average Bonchev–Trinajstić information content (AvgIpc) is 2.74.